The molecule has 19 heavy (non-hydrogen) atoms. The lowest BCUT2D eigenvalue weighted by molar-refractivity contribution is -0.385. The van der Waals surface area contributed by atoms with Gasteiger partial charge in [-0.25, -0.2) is 0 Å². The minimum Gasteiger partial charge on any atom is -0.485 e. The predicted molar refractivity (Wildman–Crippen MR) is 64.3 cm³/mol. The lowest BCUT2D eigenvalue weighted by Gasteiger charge is -2.10. The third-order valence-corrected chi connectivity index (χ3v) is 2.22. The fourth-order valence-electron chi connectivity index (χ4n) is 1.20. The van der Waals surface area contributed by atoms with Gasteiger partial charge in [0.05, 0.1) is 4.92 Å². The molecule has 0 aliphatic heterocycles. The van der Waals surface area contributed by atoms with E-state index in [1.807, 2.05) is 0 Å². The number of hydrogen-bond donors (Lipinski definition) is 3. The molecular weight excluding hydrogens is 256 g/mol. The van der Waals surface area contributed by atoms with E-state index in [4.69, 9.17) is 21.9 Å². The smallest absolute Gasteiger partial charge is 0.311 e. The summed E-state index contributed by atoms with van der Waals surface area (Å²) in [5.41, 5.74) is 14.8. The van der Waals surface area contributed by atoms with Crippen LogP contribution in [0.5, 0.6) is 5.75 Å². The molecule has 9 heteroatoms. The van der Waals surface area contributed by atoms with Crippen molar-refractivity contribution in [3.05, 3.63) is 33.9 Å². The zero-order valence-electron chi connectivity index (χ0n) is 9.74. The first-order valence-corrected chi connectivity index (χ1v) is 5.09. The lowest BCUT2D eigenvalue weighted by Crippen LogP contribution is -2.41. The van der Waals surface area contributed by atoms with E-state index in [1.165, 1.54) is 12.1 Å². The van der Waals surface area contributed by atoms with Crippen LogP contribution >= 0.6 is 0 Å². The number of nitro benzene ring substituents is 1. The van der Waals surface area contributed by atoms with E-state index in [9.17, 15) is 19.7 Å². The number of rotatable bonds is 6. The Balaban J connectivity index is 2.97. The molecule has 0 aliphatic carbocycles. The molecule has 6 N–H and O–H groups in total. The third kappa shape index (κ3) is 3.64. The maximum absolute atomic E-state index is 10.9. The Morgan fingerprint density at radius 3 is 2.47 bits per heavy atom. The van der Waals surface area contributed by atoms with Crippen LogP contribution in [-0.4, -0.2) is 29.4 Å². The van der Waals surface area contributed by atoms with Gasteiger partial charge in [0.15, 0.2) is 5.75 Å². The zero-order valence-corrected chi connectivity index (χ0v) is 9.74. The average molecular weight is 268 g/mol. The molecule has 0 heterocycles. The Kier molecular flexibility index (Phi) is 4.37. The maximum atomic E-state index is 10.9. The Hall–Kier alpha value is -2.68. The normalized spacial score (nSPS) is 11.6. The molecule has 1 aromatic rings. The first-order valence-electron chi connectivity index (χ1n) is 5.09. The van der Waals surface area contributed by atoms with Crippen molar-refractivity contribution in [2.45, 2.75) is 6.04 Å². The number of primary amides is 2. The third-order valence-electron chi connectivity index (χ3n) is 2.22. The van der Waals surface area contributed by atoms with E-state index in [0.29, 0.717) is 0 Å². The number of nitro groups is 1. The Morgan fingerprint density at radius 2 is 2.00 bits per heavy atom. The van der Waals surface area contributed by atoms with Crippen LogP contribution in [0.15, 0.2) is 18.2 Å². The summed E-state index contributed by atoms with van der Waals surface area (Å²) in [6.07, 6.45) is 0. The predicted octanol–water partition coefficient (Wildman–Crippen LogP) is -1.11. The van der Waals surface area contributed by atoms with Gasteiger partial charge in [-0.15, -0.1) is 0 Å². The largest absolute Gasteiger partial charge is 0.485 e. The van der Waals surface area contributed by atoms with Crippen LogP contribution in [-0.2, 0) is 4.79 Å². The van der Waals surface area contributed by atoms with Crippen LogP contribution in [0.25, 0.3) is 0 Å². The van der Waals surface area contributed by atoms with Crippen LogP contribution in [0, 0.1) is 10.1 Å². The minimum absolute atomic E-state index is 0.0294. The lowest BCUT2D eigenvalue weighted by atomic mass is 10.2. The highest BCUT2D eigenvalue weighted by Gasteiger charge is 2.19. The number of nitrogens with two attached hydrogens (primary N) is 3. The van der Waals surface area contributed by atoms with Crippen molar-refractivity contribution in [3.63, 3.8) is 0 Å². The van der Waals surface area contributed by atoms with E-state index >= 15 is 0 Å². The van der Waals surface area contributed by atoms with Crippen LogP contribution in [0.4, 0.5) is 5.69 Å². The fraction of sp³-hybridized carbons (Fsp3) is 0.200. The molecule has 1 atom stereocenters. The van der Waals surface area contributed by atoms with Crippen molar-refractivity contribution in [1.82, 2.24) is 0 Å². The molecule has 1 unspecified atom stereocenters. The summed E-state index contributed by atoms with van der Waals surface area (Å²) < 4.78 is 5.04. The van der Waals surface area contributed by atoms with Gasteiger partial charge >= 0.3 is 5.69 Å². The van der Waals surface area contributed by atoms with Crippen molar-refractivity contribution >= 4 is 17.5 Å². The monoisotopic (exact) mass is 268 g/mol. The first-order chi connectivity index (χ1) is 8.82. The van der Waals surface area contributed by atoms with E-state index in [2.05, 4.69) is 0 Å². The van der Waals surface area contributed by atoms with Crippen molar-refractivity contribution < 1.29 is 19.2 Å². The standard InChI is InChI=1S/C10H12N4O5/c11-6(10(13)16)4-19-8-2-1-5(9(12)15)3-7(8)14(17)18/h1-3,6H,4,11H2,(H2,12,15)(H2,13,16). The second kappa shape index (κ2) is 5.78. The van der Waals surface area contributed by atoms with Gasteiger partial charge in [-0.3, -0.25) is 19.7 Å². The summed E-state index contributed by atoms with van der Waals surface area (Å²) in [5, 5.41) is 10.8. The zero-order chi connectivity index (χ0) is 14.6. The molecule has 0 aliphatic rings. The van der Waals surface area contributed by atoms with Gasteiger partial charge in [0.1, 0.15) is 12.6 Å². The molecule has 0 radical (unpaired) electrons. The Labute approximate surface area is 107 Å². The maximum Gasteiger partial charge on any atom is 0.311 e. The average Bonchev–Trinajstić information content (AvgIpc) is 2.35. The van der Waals surface area contributed by atoms with E-state index < -0.39 is 28.5 Å². The van der Waals surface area contributed by atoms with Gasteiger partial charge in [-0.1, -0.05) is 0 Å². The molecule has 1 rings (SSSR count). The van der Waals surface area contributed by atoms with Gasteiger partial charge in [-0.05, 0) is 12.1 Å². The summed E-state index contributed by atoms with van der Waals surface area (Å²) in [7, 11) is 0. The molecule has 0 fully saturated rings. The Bertz CT molecular complexity index is 531. The second-order valence-electron chi connectivity index (χ2n) is 3.62. The topological polar surface area (TPSA) is 165 Å². The number of carbonyl (C=O) groups excluding carboxylic acids is 2. The number of amides is 2. The molecule has 0 saturated heterocycles. The molecule has 2 amide bonds. The van der Waals surface area contributed by atoms with Crippen LogP contribution in [0.1, 0.15) is 10.4 Å². The van der Waals surface area contributed by atoms with E-state index in [1.54, 1.807) is 0 Å². The van der Waals surface area contributed by atoms with Gasteiger partial charge in [0, 0.05) is 11.6 Å². The minimum atomic E-state index is -1.09. The van der Waals surface area contributed by atoms with Gasteiger partial charge < -0.3 is 21.9 Å². The molecule has 0 aromatic heterocycles. The van der Waals surface area contributed by atoms with E-state index in [0.717, 1.165) is 6.07 Å². The summed E-state index contributed by atoms with van der Waals surface area (Å²) in [6, 6.07) is 2.36. The number of ether oxygens (including phenoxy) is 1. The van der Waals surface area contributed by atoms with Crippen molar-refractivity contribution in [2.24, 2.45) is 17.2 Å². The molecule has 0 spiro atoms. The van der Waals surface area contributed by atoms with E-state index in [-0.39, 0.29) is 17.9 Å². The molecule has 1 aromatic carbocycles. The van der Waals surface area contributed by atoms with Crippen LogP contribution < -0.4 is 21.9 Å². The van der Waals surface area contributed by atoms with Gasteiger partial charge in [0.2, 0.25) is 11.8 Å². The highest BCUT2D eigenvalue weighted by atomic mass is 16.6. The summed E-state index contributed by atoms with van der Waals surface area (Å²) in [5.74, 6) is -1.73. The fourth-order valence-corrected chi connectivity index (χ4v) is 1.20. The highest BCUT2D eigenvalue weighted by Crippen LogP contribution is 2.27. The summed E-state index contributed by atoms with van der Waals surface area (Å²) in [4.78, 5) is 31.7. The number of benzene rings is 1. The molecule has 102 valence electrons. The summed E-state index contributed by atoms with van der Waals surface area (Å²) >= 11 is 0. The molecular formula is C10H12N4O5. The number of nitrogens with zero attached hydrogens (tertiary/aromatic N) is 1. The van der Waals surface area contributed by atoms with Crippen molar-refractivity contribution in [2.75, 3.05) is 6.61 Å². The number of carbonyl (C=O) groups is 2. The summed E-state index contributed by atoms with van der Waals surface area (Å²) in [6.45, 7) is -0.313. The van der Waals surface area contributed by atoms with Gasteiger partial charge in [0.25, 0.3) is 0 Å². The molecule has 0 bridgehead atoms. The quantitative estimate of drug-likeness (QED) is 0.436. The second-order valence-corrected chi connectivity index (χ2v) is 3.62. The van der Waals surface area contributed by atoms with Crippen LogP contribution in [0.3, 0.4) is 0 Å². The Morgan fingerprint density at radius 1 is 1.37 bits per heavy atom. The number of hydrogen-bond acceptors (Lipinski definition) is 6. The first kappa shape index (κ1) is 14.4. The van der Waals surface area contributed by atoms with Crippen molar-refractivity contribution in [1.29, 1.82) is 0 Å². The molecule has 9 nitrogen and oxygen atoms in total. The van der Waals surface area contributed by atoms with Gasteiger partial charge in [-0.2, -0.15) is 0 Å². The SMILES string of the molecule is NC(=O)c1ccc(OCC(N)C(N)=O)c([N+](=O)[O-])c1. The van der Waals surface area contributed by atoms with Crippen molar-refractivity contribution in [3.8, 4) is 5.75 Å². The van der Waals surface area contributed by atoms with Crippen LogP contribution in [0.2, 0.25) is 0 Å². The highest BCUT2D eigenvalue weighted by molar-refractivity contribution is 5.93. The molecule has 0 saturated carbocycles.